The molecule has 1 unspecified atom stereocenters. The Kier molecular flexibility index (Phi) is 3.66. The van der Waals surface area contributed by atoms with Crippen LogP contribution in [0.5, 0.6) is 0 Å². The summed E-state index contributed by atoms with van der Waals surface area (Å²) in [5.74, 6) is 0. The quantitative estimate of drug-likeness (QED) is 0.633. The first-order chi connectivity index (χ1) is 6.05. The van der Waals surface area contributed by atoms with Gasteiger partial charge in [0.2, 0.25) is 0 Å². The Morgan fingerprint density at radius 1 is 1.31 bits per heavy atom. The summed E-state index contributed by atoms with van der Waals surface area (Å²) in [5.41, 5.74) is 5.50. The van der Waals surface area contributed by atoms with Gasteiger partial charge in [0.05, 0.1) is 0 Å². The van der Waals surface area contributed by atoms with E-state index in [0.717, 1.165) is 25.7 Å². The second kappa shape index (κ2) is 4.36. The smallest absolute Gasteiger partial charge is 0.277 e. The van der Waals surface area contributed by atoms with Crippen molar-refractivity contribution in [3.63, 3.8) is 0 Å². The predicted molar refractivity (Wildman–Crippen MR) is 51.1 cm³/mol. The molecule has 1 saturated heterocycles. The Bertz CT molecular complexity index is 252. The molecule has 0 saturated carbocycles. The lowest BCUT2D eigenvalue weighted by atomic mass is 10.1. The van der Waals surface area contributed by atoms with Gasteiger partial charge in [-0.15, -0.1) is 0 Å². The largest absolute Gasteiger partial charge is 0.329 e. The zero-order chi connectivity index (χ0) is 9.90. The van der Waals surface area contributed by atoms with Gasteiger partial charge < -0.3 is 5.73 Å². The van der Waals surface area contributed by atoms with Crippen LogP contribution in [0.15, 0.2) is 0 Å². The molecule has 0 aromatic rings. The van der Waals surface area contributed by atoms with Crippen molar-refractivity contribution in [2.45, 2.75) is 31.7 Å². The van der Waals surface area contributed by atoms with Crippen LogP contribution >= 0.6 is 0 Å². The molecular formula is C7H17N3O2S. The average molecular weight is 207 g/mol. The van der Waals surface area contributed by atoms with Crippen molar-refractivity contribution >= 4 is 10.2 Å². The minimum atomic E-state index is -3.56. The third-order valence-corrected chi connectivity index (χ3v) is 3.56. The zero-order valence-electron chi connectivity index (χ0n) is 7.65. The van der Waals surface area contributed by atoms with E-state index in [4.69, 9.17) is 10.9 Å². The van der Waals surface area contributed by atoms with E-state index in [0.29, 0.717) is 13.1 Å². The Balaban J connectivity index is 2.77. The number of nitrogens with zero attached hydrogens (tertiary/aromatic N) is 1. The molecular weight excluding hydrogens is 190 g/mol. The van der Waals surface area contributed by atoms with Gasteiger partial charge in [-0.2, -0.15) is 12.7 Å². The molecule has 4 N–H and O–H groups in total. The van der Waals surface area contributed by atoms with Crippen molar-refractivity contribution in [1.82, 2.24) is 4.31 Å². The van der Waals surface area contributed by atoms with Gasteiger partial charge in [0, 0.05) is 19.1 Å². The van der Waals surface area contributed by atoms with Crippen LogP contribution in [0.2, 0.25) is 0 Å². The molecule has 0 amide bonds. The van der Waals surface area contributed by atoms with Crippen molar-refractivity contribution in [2.75, 3.05) is 13.1 Å². The lowest BCUT2D eigenvalue weighted by molar-refractivity contribution is 0.328. The molecule has 1 rings (SSSR count). The maximum absolute atomic E-state index is 11.2. The predicted octanol–water partition coefficient (Wildman–Crippen LogP) is -0.607. The van der Waals surface area contributed by atoms with E-state index >= 15 is 0 Å². The summed E-state index contributed by atoms with van der Waals surface area (Å²) in [5, 5.41) is 5.09. The van der Waals surface area contributed by atoms with Crippen LogP contribution in [-0.4, -0.2) is 31.9 Å². The zero-order valence-corrected chi connectivity index (χ0v) is 8.46. The normalized spacial score (nSPS) is 27.1. The Labute approximate surface area is 79.3 Å². The number of hydrogen-bond donors (Lipinski definition) is 2. The molecule has 1 aliphatic rings. The highest BCUT2D eigenvalue weighted by molar-refractivity contribution is 7.86. The van der Waals surface area contributed by atoms with Gasteiger partial charge in [-0.05, 0) is 12.8 Å². The van der Waals surface area contributed by atoms with Crippen LogP contribution in [0, 0.1) is 0 Å². The fraction of sp³-hybridized carbons (Fsp3) is 1.00. The van der Waals surface area contributed by atoms with Gasteiger partial charge in [-0.1, -0.05) is 12.8 Å². The molecule has 0 aromatic carbocycles. The second-order valence-electron chi connectivity index (χ2n) is 3.39. The van der Waals surface area contributed by atoms with Gasteiger partial charge in [0.15, 0.2) is 0 Å². The van der Waals surface area contributed by atoms with E-state index in [9.17, 15) is 8.42 Å². The SMILES string of the molecule is NCC1CCCCCN1S(N)(=O)=O. The Morgan fingerprint density at radius 2 is 2.00 bits per heavy atom. The van der Waals surface area contributed by atoms with Crippen LogP contribution in [0.4, 0.5) is 0 Å². The van der Waals surface area contributed by atoms with Crippen molar-refractivity contribution in [3.05, 3.63) is 0 Å². The highest BCUT2D eigenvalue weighted by atomic mass is 32.2. The standard InChI is InChI=1S/C7H17N3O2S/c8-6-7-4-2-1-3-5-10(7)13(9,11)12/h7H,1-6,8H2,(H2,9,11,12). The molecule has 0 aromatic heterocycles. The molecule has 13 heavy (non-hydrogen) atoms. The molecule has 1 aliphatic heterocycles. The summed E-state index contributed by atoms with van der Waals surface area (Å²) in [6.45, 7) is 0.872. The van der Waals surface area contributed by atoms with E-state index in [1.54, 1.807) is 0 Å². The number of nitrogens with two attached hydrogens (primary N) is 2. The van der Waals surface area contributed by atoms with Crippen molar-refractivity contribution < 1.29 is 8.42 Å². The van der Waals surface area contributed by atoms with E-state index in [-0.39, 0.29) is 6.04 Å². The molecule has 0 bridgehead atoms. The molecule has 78 valence electrons. The van der Waals surface area contributed by atoms with Gasteiger partial charge in [0.1, 0.15) is 0 Å². The maximum atomic E-state index is 11.2. The molecule has 0 radical (unpaired) electrons. The van der Waals surface area contributed by atoms with E-state index in [2.05, 4.69) is 0 Å². The van der Waals surface area contributed by atoms with Crippen LogP contribution < -0.4 is 10.9 Å². The summed E-state index contributed by atoms with van der Waals surface area (Å²) in [6, 6.07) is -0.0995. The summed E-state index contributed by atoms with van der Waals surface area (Å²) >= 11 is 0. The topological polar surface area (TPSA) is 89.4 Å². The minimum absolute atomic E-state index is 0.0995. The molecule has 0 aliphatic carbocycles. The van der Waals surface area contributed by atoms with E-state index < -0.39 is 10.2 Å². The van der Waals surface area contributed by atoms with Crippen molar-refractivity contribution in [3.8, 4) is 0 Å². The molecule has 6 heteroatoms. The first-order valence-electron chi connectivity index (χ1n) is 4.55. The van der Waals surface area contributed by atoms with Crippen molar-refractivity contribution in [2.24, 2.45) is 10.9 Å². The minimum Gasteiger partial charge on any atom is -0.329 e. The first-order valence-corrected chi connectivity index (χ1v) is 6.05. The fourth-order valence-corrected chi connectivity index (χ4v) is 2.71. The summed E-state index contributed by atoms with van der Waals surface area (Å²) < 4.78 is 23.6. The molecule has 5 nitrogen and oxygen atoms in total. The fourth-order valence-electron chi connectivity index (χ4n) is 1.72. The summed E-state index contributed by atoms with van der Waals surface area (Å²) in [6.07, 6.45) is 3.80. The number of hydrogen-bond acceptors (Lipinski definition) is 3. The highest BCUT2D eigenvalue weighted by Gasteiger charge is 2.27. The highest BCUT2D eigenvalue weighted by Crippen LogP contribution is 2.17. The Morgan fingerprint density at radius 3 is 2.54 bits per heavy atom. The van der Waals surface area contributed by atoms with Crippen LogP contribution in [0.3, 0.4) is 0 Å². The van der Waals surface area contributed by atoms with Crippen molar-refractivity contribution in [1.29, 1.82) is 0 Å². The van der Waals surface area contributed by atoms with E-state index in [1.807, 2.05) is 0 Å². The summed E-state index contributed by atoms with van der Waals surface area (Å²) in [7, 11) is -3.56. The molecule has 1 fully saturated rings. The van der Waals surface area contributed by atoms with Gasteiger partial charge in [-0.25, -0.2) is 5.14 Å². The van der Waals surface area contributed by atoms with Gasteiger partial charge in [-0.3, -0.25) is 0 Å². The summed E-state index contributed by atoms with van der Waals surface area (Å²) in [4.78, 5) is 0. The molecule has 1 heterocycles. The lowest BCUT2D eigenvalue weighted by Gasteiger charge is -2.25. The Hall–Kier alpha value is -0.170. The van der Waals surface area contributed by atoms with Crippen LogP contribution in [-0.2, 0) is 10.2 Å². The van der Waals surface area contributed by atoms with Crippen LogP contribution in [0.25, 0.3) is 0 Å². The first kappa shape index (κ1) is 10.9. The maximum Gasteiger partial charge on any atom is 0.277 e. The monoisotopic (exact) mass is 207 g/mol. The third-order valence-electron chi connectivity index (χ3n) is 2.42. The molecule has 0 spiro atoms. The van der Waals surface area contributed by atoms with Gasteiger partial charge in [0.25, 0.3) is 10.2 Å². The lowest BCUT2D eigenvalue weighted by Crippen LogP contribution is -2.47. The van der Waals surface area contributed by atoms with Gasteiger partial charge >= 0.3 is 0 Å². The second-order valence-corrected chi connectivity index (χ2v) is 4.89. The number of rotatable bonds is 2. The average Bonchev–Trinajstić information content (AvgIpc) is 2.26. The van der Waals surface area contributed by atoms with E-state index in [1.165, 1.54) is 4.31 Å². The molecule has 1 atom stereocenters. The van der Waals surface area contributed by atoms with Crippen LogP contribution in [0.1, 0.15) is 25.7 Å². The third kappa shape index (κ3) is 2.91.